The van der Waals surface area contributed by atoms with Crippen molar-refractivity contribution >= 4 is 28.7 Å². The fourth-order valence-corrected chi connectivity index (χ4v) is 3.27. The molecule has 1 amide bonds. The zero-order valence-corrected chi connectivity index (χ0v) is 13.2. The first-order chi connectivity index (χ1) is 11.1. The Kier molecular flexibility index (Phi) is 4.52. The van der Waals surface area contributed by atoms with Crippen LogP contribution in [0.25, 0.3) is 0 Å². The van der Waals surface area contributed by atoms with Crippen LogP contribution in [0.1, 0.15) is 16.1 Å². The summed E-state index contributed by atoms with van der Waals surface area (Å²) in [5.41, 5.74) is -0.0157. The van der Waals surface area contributed by atoms with E-state index in [-0.39, 0.29) is 11.6 Å². The van der Waals surface area contributed by atoms with Crippen molar-refractivity contribution in [1.29, 1.82) is 0 Å². The Morgan fingerprint density at radius 3 is 2.74 bits per heavy atom. The molecule has 0 unspecified atom stereocenters. The molecule has 0 N–H and O–H groups in total. The van der Waals surface area contributed by atoms with Gasteiger partial charge in [-0.15, -0.1) is 11.3 Å². The smallest absolute Gasteiger partial charge is 0.287 e. The molecule has 0 atom stereocenters. The maximum atomic E-state index is 12.4. The number of nitrogens with zero attached hydrogens (tertiary/aromatic N) is 4. The van der Waals surface area contributed by atoms with Crippen LogP contribution in [0.2, 0.25) is 0 Å². The van der Waals surface area contributed by atoms with Gasteiger partial charge in [-0.3, -0.25) is 14.9 Å². The van der Waals surface area contributed by atoms with E-state index in [1.807, 2.05) is 22.4 Å². The SMILES string of the molecule is O=C(c1cccs1)N1CCCN(c2ccc([N+](=O)[O-])cn2)CC1. The lowest BCUT2D eigenvalue weighted by atomic mass is 10.3. The van der Waals surface area contributed by atoms with Crippen LogP contribution in [0.3, 0.4) is 0 Å². The number of anilines is 1. The molecule has 7 nitrogen and oxygen atoms in total. The van der Waals surface area contributed by atoms with Gasteiger partial charge in [-0.1, -0.05) is 6.07 Å². The lowest BCUT2D eigenvalue weighted by Gasteiger charge is -2.22. The van der Waals surface area contributed by atoms with Gasteiger partial charge in [0.25, 0.3) is 11.6 Å². The lowest BCUT2D eigenvalue weighted by molar-refractivity contribution is -0.385. The molecule has 0 radical (unpaired) electrons. The Labute approximate surface area is 137 Å². The topological polar surface area (TPSA) is 79.6 Å². The third-order valence-electron chi connectivity index (χ3n) is 3.78. The Balaban J connectivity index is 1.66. The van der Waals surface area contributed by atoms with E-state index >= 15 is 0 Å². The van der Waals surface area contributed by atoms with E-state index in [1.165, 1.54) is 23.6 Å². The number of carbonyl (C=O) groups excluding carboxylic acids is 1. The molecule has 1 aliphatic rings. The van der Waals surface area contributed by atoms with E-state index in [4.69, 9.17) is 0 Å². The summed E-state index contributed by atoms with van der Waals surface area (Å²) in [5, 5.41) is 12.6. The summed E-state index contributed by atoms with van der Waals surface area (Å²) in [7, 11) is 0. The summed E-state index contributed by atoms with van der Waals surface area (Å²) < 4.78 is 0. The quantitative estimate of drug-likeness (QED) is 0.637. The Bertz CT molecular complexity index is 687. The first kappa shape index (κ1) is 15.4. The number of thiophene rings is 1. The van der Waals surface area contributed by atoms with Crippen LogP contribution < -0.4 is 4.90 Å². The molecule has 1 fully saturated rings. The molecule has 23 heavy (non-hydrogen) atoms. The van der Waals surface area contributed by atoms with Crippen molar-refractivity contribution in [3.05, 3.63) is 50.8 Å². The van der Waals surface area contributed by atoms with Crippen molar-refractivity contribution in [3.63, 3.8) is 0 Å². The lowest BCUT2D eigenvalue weighted by Crippen LogP contribution is -2.35. The molecule has 0 bridgehead atoms. The largest absolute Gasteiger partial charge is 0.355 e. The normalized spacial score (nSPS) is 15.3. The van der Waals surface area contributed by atoms with Crippen molar-refractivity contribution in [2.75, 3.05) is 31.1 Å². The number of hydrogen-bond donors (Lipinski definition) is 0. The molecule has 0 spiro atoms. The van der Waals surface area contributed by atoms with Gasteiger partial charge in [0.2, 0.25) is 0 Å². The molecule has 0 saturated carbocycles. The maximum absolute atomic E-state index is 12.4. The molecule has 8 heteroatoms. The summed E-state index contributed by atoms with van der Waals surface area (Å²) in [6.07, 6.45) is 2.12. The Hall–Kier alpha value is -2.48. The number of carbonyl (C=O) groups is 1. The van der Waals surface area contributed by atoms with Gasteiger partial charge < -0.3 is 9.80 Å². The maximum Gasteiger partial charge on any atom is 0.287 e. The molecular formula is C15H16N4O3S. The molecule has 1 saturated heterocycles. The van der Waals surface area contributed by atoms with Gasteiger partial charge in [-0.2, -0.15) is 0 Å². The summed E-state index contributed by atoms with van der Waals surface area (Å²) in [5.74, 6) is 0.777. The van der Waals surface area contributed by atoms with Crippen molar-refractivity contribution in [1.82, 2.24) is 9.88 Å². The summed E-state index contributed by atoms with van der Waals surface area (Å²) in [6, 6.07) is 6.84. The highest BCUT2D eigenvalue weighted by Crippen LogP contribution is 2.19. The van der Waals surface area contributed by atoms with Crippen molar-refractivity contribution in [2.45, 2.75) is 6.42 Å². The molecule has 3 heterocycles. The van der Waals surface area contributed by atoms with Crippen molar-refractivity contribution in [2.24, 2.45) is 0 Å². The first-order valence-corrected chi connectivity index (χ1v) is 8.21. The number of rotatable bonds is 3. The number of pyridine rings is 1. The number of aromatic nitrogens is 1. The third-order valence-corrected chi connectivity index (χ3v) is 4.64. The molecule has 0 aromatic carbocycles. The van der Waals surface area contributed by atoms with Gasteiger partial charge in [0.15, 0.2) is 0 Å². The Morgan fingerprint density at radius 2 is 2.09 bits per heavy atom. The van der Waals surface area contributed by atoms with E-state index in [0.717, 1.165) is 17.8 Å². The monoisotopic (exact) mass is 332 g/mol. The highest BCUT2D eigenvalue weighted by molar-refractivity contribution is 7.12. The summed E-state index contributed by atoms with van der Waals surface area (Å²) in [4.78, 5) is 31.5. The minimum atomic E-state index is -0.458. The number of hydrogen-bond acceptors (Lipinski definition) is 6. The first-order valence-electron chi connectivity index (χ1n) is 7.33. The highest BCUT2D eigenvalue weighted by Gasteiger charge is 2.21. The van der Waals surface area contributed by atoms with Crippen LogP contribution in [0, 0.1) is 10.1 Å². The molecule has 2 aromatic rings. The second kappa shape index (κ2) is 6.74. The van der Waals surface area contributed by atoms with E-state index in [9.17, 15) is 14.9 Å². The minimum absolute atomic E-state index is 0.0157. The molecule has 0 aliphatic carbocycles. The van der Waals surface area contributed by atoms with E-state index in [2.05, 4.69) is 9.88 Å². The molecule has 1 aliphatic heterocycles. The van der Waals surface area contributed by atoms with Crippen LogP contribution in [-0.4, -0.2) is 46.9 Å². The summed E-state index contributed by atoms with van der Waals surface area (Å²) in [6.45, 7) is 2.77. The van der Waals surface area contributed by atoms with Crippen molar-refractivity contribution < 1.29 is 9.72 Å². The highest BCUT2D eigenvalue weighted by atomic mass is 32.1. The molecule has 120 valence electrons. The summed E-state index contributed by atoms with van der Waals surface area (Å²) >= 11 is 1.45. The van der Waals surface area contributed by atoms with Gasteiger partial charge in [0.1, 0.15) is 12.0 Å². The molecular weight excluding hydrogens is 316 g/mol. The van der Waals surface area contributed by atoms with Crippen LogP contribution in [0.15, 0.2) is 35.8 Å². The van der Waals surface area contributed by atoms with Crippen LogP contribution in [0.5, 0.6) is 0 Å². The van der Waals surface area contributed by atoms with Crippen molar-refractivity contribution in [3.8, 4) is 0 Å². The minimum Gasteiger partial charge on any atom is -0.355 e. The number of nitro groups is 1. The standard InChI is InChI=1S/C15H16N4O3S/c20-15(13-3-1-10-23-13)18-7-2-6-17(8-9-18)14-5-4-12(11-16-14)19(21)22/h1,3-5,10-11H,2,6-9H2. The predicted octanol–water partition coefficient (Wildman–Crippen LogP) is 2.40. The van der Waals surface area contributed by atoms with Gasteiger partial charge in [0, 0.05) is 32.2 Å². The predicted molar refractivity (Wildman–Crippen MR) is 87.9 cm³/mol. The number of amides is 1. The third kappa shape index (κ3) is 3.48. The van der Waals surface area contributed by atoms with E-state index in [0.29, 0.717) is 25.5 Å². The molecule has 2 aromatic heterocycles. The zero-order chi connectivity index (χ0) is 16.2. The van der Waals surface area contributed by atoms with Gasteiger partial charge in [-0.05, 0) is 23.9 Å². The average Bonchev–Trinajstić information content (AvgIpc) is 2.99. The van der Waals surface area contributed by atoms with Crippen LogP contribution >= 0.6 is 11.3 Å². The zero-order valence-electron chi connectivity index (χ0n) is 12.4. The van der Waals surface area contributed by atoms with Gasteiger partial charge in [-0.25, -0.2) is 4.98 Å². The van der Waals surface area contributed by atoms with Crippen LogP contribution in [0.4, 0.5) is 11.5 Å². The van der Waals surface area contributed by atoms with Gasteiger partial charge >= 0.3 is 0 Å². The van der Waals surface area contributed by atoms with Crippen LogP contribution in [-0.2, 0) is 0 Å². The molecule has 3 rings (SSSR count). The Morgan fingerprint density at radius 1 is 1.22 bits per heavy atom. The second-order valence-corrected chi connectivity index (χ2v) is 6.19. The van der Waals surface area contributed by atoms with Gasteiger partial charge in [0.05, 0.1) is 9.80 Å². The second-order valence-electron chi connectivity index (χ2n) is 5.24. The fourth-order valence-electron chi connectivity index (χ4n) is 2.58. The van der Waals surface area contributed by atoms with E-state index in [1.54, 1.807) is 6.07 Å². The average molecular weight is 332 g/mol. The van der Waals surface area contributed by atoms with E-state index < -0.39 is 4.92 Å². The fraction of sp³-hybridized carbons (Fsp3) is 0.333.